The number of aryl methyl sites for hydroxylation is 1. The van der Waals surface area contributed by atoms with Crippen LogP contribution in [0.1, 0.15) is 42.0 Å². The van der Waals surface area contributed by atoms with Gasteiger partial charge in [-0.2, -0.15) is 4.31 Å². The number of rotatable bonds is 4. The van der Waals surface area contributed by atoms with Gasteiger partial charge in [-0.25, -0.2) is 8.42 Å². The minimum absolute atomic E-state index is 0.00669. The Morgan fingerprint density at radius 3 is 2.82 bits per heavy atom. The van der Waals surface area contributed by atoms with Crippen LogP contribution in [0.5, 0.6) is 0 Å². The largest absolute Gasteiger partial charge is 0.381 e. The highest BCUT2D eigenvalue weighted by Gasteiger charge is 2.37. The average Bonchev–Trinajstić information content (AvgIpc) is 3.12. The predicted molar refractivity (Wildman–Crippen MR) is 87.3 cm³/mol. The first-order valence-corrected chi connectivity index (χ1v) is 9.73. The Morgan fingerprint density at radius 1 is 1.27 bits per heavy atom. The summed E-state index contributed by atoms with van der Waals surface area (Å²) in [5.41, 5.74) is 3.62. The number of sulfonamides is 1. The van der Waals surface area contributed by atoms with Crippen LogP contribution in [0.2, 0.25) is 0 Å². The molecule has 2 aliphatic heterocycles. The van der Waals surface area contributed by atoms with Gasteiger partial charge in [0, 0.05) is 13.2 Å². The van der Waals surface area contributed by atoms with Gasteiger partial charge in [0.15, 0.2) is 0 Å². The van der Waals surface area contributed by atoms with E-state index in [9.17, 15) is 8.42 Å². The van der Waals surface area contributed by atoms with E-state index in [-0.39, 0.29) is 17.7 Å². The Labute approximate surface area is 133 Å². The molecule has 0 aliphatic carbocycles. The van der Waals surface area contributed by atoms with Crippen molar-refractivity contribution in [2.45, 2.75) is 39.2 Å². The SMILES string of the molecule is Cc1cccc(C2CCCN2S(=O)(=O)CC2CCOC2)c1C. The Bertz CT molecular complexity index is 635. The molecule has 0 radical (unpaired) electrons. The molecule has 5 heteroatoms. The smallest absolute Gasteiger partial charge is 0.215 e. The van der Waals surface area contributed by atoms with Crippen LogP contribution in [0, 0.1) is 19.8 Å². The van der Waals surface area contributed by atoms with E-state index in [1.54, 1.807) is 4.31 Å². The lowest BCUT2D eigenvalue weighted by Crippen LogP contribution is -2.35. The molecule has 1 aromatic rings. The van der Waals surface area contributed by atoms with E-state index in [1.807, 2.05) is 6.07 Å². The first-order chi connectivity index (χ1) is 10.5. The second-order valence-electron chi connectivity index (χ2n) is 6.57. The van der Waals surface area contributed by atoms with E-state index in [0.717, 1.165) is 19.3 Å². The highest BCUT2D eigenvalue weighted by Crippen LogP contribution is 2.37. The lowest BCUT2D eigenvalue weighted by atomic mass is 9.97. The Kier molecular flexibility index (Phi) is 4.57. The van der Waals surface area contributed by atoms with Gasteiger partial charge < -0.3 is 4.74 Å². The summed E-state index contributed by atoms with van der Waals surface area (Å²) in [7, 11) is -3.22. The molecule has 0 bridgehead atoms. The molecular weight excluding hydrogens is 298 g/mol. The summed E-state index contributed by atoms with van der Waals surface area (Å²) in [5, 5.41) is 0. The Balaban J connectivity index is 1.84. The fourth-order valence-electron chi connectivity index (χ4n) is 3.63. The van der Waals surface area contributed by atoms with E-state index in [0.29, 0.717) is 19.8 Å². The molecule has 22 heavy (non-hydrogen) atoms. The average molecular weight is 323 g/mol. The zero-order valence-corrected chi connectivity index (χ0v) is 14.2. The molecule has 0 spiro atoms. The van der Waals surface area contributed by atoms with Crippen molar-refractivity contribution in [2.24, 2.45) is 5.92 Å². The van der Waals surface area contributed by atoms with Gasteiger partial charge in [0.05, 0.1) is 18.4 Å². The standard InChI is InChI=1S/C17H25NO3S/c1-13-5-3-6-16(14(13)2)17-7-4-9-18(17)22(19,20)12-15-8-10-21-11-15/h3,5-6,15,17H,4,7-12H2,1-2H3. The predicted octanol–water partition coefficient (Wildman–Crippen LogP) is 2.81. The monoisotopic (exact) mass is 323 g/mol. The molecule has 2 unspecified atom stereocenters. The van der Waals surface area contributed by atoms with Crippen LogP contribution >= 0.6 is 0 Å². The molecule has 0 aromatic heterocycles. The van der Waals surface area contributed by atoms with Crippen molar-refractivity contribution in [3.8, 4) is 0 Å². The van der Waals surface area contributed by atoms with Crippen molar-refractivity contribution in [1.82, 2.24) is 4.31 Å². The van der Waals surface area contributed by atoms with Crippen LogP contribution in [-0.4, -0.2) is 38.2 Å². The second-order valence-corrected chi connectivity index (χ2v) is 8.53. The third-order valence-corrected chi connectivity index (χ3v) is 7.08. The number of hydrogen-bond acceptors (Lipinski definition) is 3. The molecule has 0 saturated carbocycles. The number of nitrogens with zero attached hydrogens (tertiary/aromatic N) is 1. The summed E-state index contributed by atoms with van der Waals surface area (Å²) < 4.78 is 32.8. The van der Waals surface area contributed by atoms with E-state index >= 15 is 0 Å². The number of benzene rings is 1. The van der Waals surface area contributed by atoms with Crippen molar-refractivity contribution in [3.63, 3.8) is 0 Å². The fraction of sp³-hybridized carbons (Fsp3) is 0.647. The van der Waals surface area contributed by atoms with Gasteiger partial charge in [-0.3, -0.25) is 0 Å². The molecule has 2 fully saturated rings. The first kappa shape index (κ1) is 16.0. The van der Waals surface area contributed by atoms with Crippen LogP contribution < -0.4 is 0 Å². The first-order valence-electron chi connectivity index (χ1n) is 8.12. The topological polar surface area (TPSA) is 46.6 Å². The molecule has 3 rings (SSSR count). The summed E-state index contributed by atoms with van der Waals surface area (Å²) in [6, 6.07) is 6.21. The highest BCUT2D eigenvalue weighted by molar-refractivity contribution is 7.89. The van der Waals surface area contributed by atoms with E-state index in [4.69, 9.17) is 4.74 Å². The zero-order chi connectivity index (χ0) is 15.7. The van der Waals surface area contributed by atoms with Crippen LogP contribution in [0.25, 0.3) is 0 Å². The van der Waals surface area contributed by atoms with Crippen molar-refractivity contribution < 1.29 is 13.2 Å². The van der Waals surface area contributed by atoms with Crippen LogP contribution in [-0.2, 0) is 14.8 Å². The van der Waals surface area contributed by atoms with Crippen molar-refractivity contribution >= 4 is 10.0 Å². The fourth-order valence-corrected chi connectivity index (χ4v) is 5.69. The van der Waals surface area contributed by atoms with Crippen molar-refractivity contribution in [3.05, 3.63) is 34.9 Å². The number of ether oxygens (including phenoxy) is 1. The van der Waals surface area contributed by atoms with Gasteiger partial charge in [0.2, 0.25) is 10.0 Å². The normalized spacial score (nSPS) is 26.6. The maximum Gasteiger partial charge on any atom is 0.215 e. The molecule has 0 N–H and O–H groups in total. The van der Waals surface area contributed by atoms with E-state index in [2.05, 4.69) is 26.0 Å². The van der Waals surface area contributed by atoms with Gasteiger partial charge in [0.1, 0.15) is 0 Å². The van der Waals surface area contributed by atoms with Gasteiger partial charge in [-0.1, -0.05) is 18.2 Å². The molecule has 2 atom stereocenters. The maximum atomic E-state index is 12.8. The summed E-state index contributed by atoms with van der Waals surface area (Å²) in [5.74, 6) is 0.388. The third kappa shape index (κ3) is 3.07. The van der Waals surface area contributed by atoms with Crippen molar-refractivity contribution in [2.75, 3.05) is 25.5 Å². The van der Waals surface area contributed by atoms with E-state index < -0.39 is 10.0 Å². The zero-order valence-electron chi connectivity index (χ0n) is 13.4. The second kappa shape index (κ2) is 6.30. The number of hydrogen-bond donors (Lipinski definition) is 0. The lowest BCUT2D eigenvalue weighted by molar-refractivity contribution is 0.188. The molecule has 2 aliphatic rings. The van der Waals surface area contributed by atoms with Crippen LogP contribution in [0.4, 0.5) is 0 Å². The van der Waals surface area contributed by atoms with Gasteiger partial charge >= 0.3 is 0 Å². The molecular formula is C17H25NO3S. The summed E-state index contributed by atoms with van der Waals surface area (Å²) >= 11 is 0. The van der Waals surface area contributed by atoms with Gasteiger partial charge in [0.25, 0.3) is 0 Å². The molecule has 0 amide bonds. The Morgan fingerprint density at radius 2 is 2.09 bits per heavy atom. The molecule has 2 heterocycles. The molecule has 122 valence electrons. The summed E-state index contributed by atoms with van der Waals surface area (Å²) in [6.07, 6.45) is 2.73. The highest BCUT2D eigenvalue weighted by atomic mass is 32.2. The van der Waals surface area contributed by atoms with E-state index in [1.165, 1.54) is 16.7 Å². The lowest BCUT2D eigenvalue weighted by Gasteiger charge is -2.27. The van der Waals surface area contributed by atoms with Crippen LogP contribution in [0.3, 0.4) is 0 Å². The summed E-state index contributed by atoms with van der Waals surface area (Å²) in [4.78, 5) is 0. The molecule has 1 aromatic carbocycles. The molecule has 4 nitrogen and oxygen atoms in total. The van der Waals surface area contributed by atoms with Crippen molar-refractivity contribution in [1.29, 1.82) is 0 Å². The maximum absolute atomic E-state index is 12.8. The Hall–Kier alpha value is -0.910. The van der Waals surface area contributed by atoms with Gasteiger partial charge in [-0.05, 0) is 55.7 Å². The summed E-state index contributed by atoms with van der Waals surface area (Å²) in [6.45, 7) is 6.11. The quantitative estimate of drug-likeness (QED) is 0.856. The minimum atomic E-state index is -3.22. The molecule has 2 saturated heterocycles. The third-order valence-electron chi connectivity index (χ3n) is 5.04. The minimum Gasteiger partial charge on any atom is -0.381 e. The van der Waals surface area contributed by atoms with Crippen LogP contribution in [0.15, 0.2) is 18.2 Å². The van der Waals surface area contributed by atoms with Gasteiger partial charge in [-0.15, -0.1) is 0 Å².